The number of amides is 2. The minimum atomic E-state index is -1.15. The van der Waals surface area contributed by atoms with Crippen LogP contribution in [-0.2, 0) is 19.1 Å². The van der Waals surface area contributed by atoms with E-state index in [4.69, 9.17) is 4.74 Å². The van der Waals surface area contributed by atoms with Gasteiger partial charge in [-0.3, -0.25) is 19.3 Å². The summed E-state index contributed by atoms with van der Waals surface area (Å²) in [5.74, 6) is -1.93. The average Bonchev–Trinajstić information content (AvgIpc) is 3.40. The van der Waals surface area contributed by atoms with Crippen LogP contribution in [0.5, 0.6) is 0 Å². The first-order valence-electron chi connectivity index (χ1n) is 14.6. The minimum Gasteiger partial charge on any atom is -0.476 e. The third kappa shape index (κ3) is 8.99. The Labute approximate surface area is 242 Å². The van der Waals surface area contributed by atoms with E-state index in [1.807, 2.05) is 46.6 Å². The number of carboxylic acid groups (broad SMARTS) is 1. The lowest BCUT2D eigenvalue weighted by atomic mass is 9.89. The van der Waals surface area contributed by atoms with E-state index in [2.05, 4.69) is 15.2 Å². The number of nitrogens with zero attached hydrogens (tertiary/aromatic N) is 3. The second kappa shape index (κ2) is 16.0. The Balaban J connectivity index is 2.42. The van der Waals surface area contributed by atoms with Gasteiger partial charge >= 0.3 is 11.9 Å². The predicted octanol–water partition coefficient (Wildman–Crippen LogP) is 4.50. The summed E-state index contributed by atoms with van der Waals surface area (Å²) in [6.07, 6.45) is 4.49. The summed E-state index contributed by atoms with van der Waals surface area (Å²) < 4.78 is 5.63. The summed E-state index contributed by atoms with van der Waals surface area (Å²) >= 11 is 1.12. The molecule has 2 N–H and O–H groups in total. The number of likely N-dealkylation sites (N-methyl/N-ethyl adjacent to an activating group) is 1. The Morgan fingerprint density at radius 2 is 1.88 bits per heavy atom. The summed E-state index contributed by atoms with van der Waals surface area (Å²) in [4.78, 5) is 59.4. The molecule has 11 heteroatoms. The van der Waals surface area contributed by atoms with Gasteiger partial charge in [0, 0.05) is 31.3 Å². The predicted molar refractivity (Wildman–Crippen MR) is 155 cm³/mol. The molecule has 1 aliphatic rings. The normalized spacial score (nSPS) is 18.3. The van der Waals surface area contributed by atoms with Gasteiger partial charge in [-0.2, -0.15) is 0 Å². The fourth-order valence-electron chi connectivity index (χ4n) is 5.57. The highest BCUT2D eigenvalue weighted by molar-refractivity contribution is 7.09. The fraction of sp³-hybridized carbons (Fsp3) is 0.759. The first-order valence-corrected chi connectivity index (χ1v) is 15.5. The number of likely N-dealkylation sites (tertiary alicyclic amines) is 1. The molecule has 4 atom stereocenters. The molecule has 0 unspecified atom stereocenters. The van der Waals surface area contributed by atoms with Crippen molar-refractivity contribution < 1.29 is 29.0 Å². The van der Waals surface area contributed by atoms with Crippen LogP contribution in [-0.4, -0.2) is 81.9 Å². The molecule has 1 aromatic heterocycles. The Hall–Kier alpha value is -2.53. The van der Waals surface area contributed by atoms with Gasteiger partial charge in [0.15, 0.2) is 11.8 Å². The smallest absolute Gasteiger partial charge is 0.355 e. The second-order valence-corrected chi connectivity index (χ2v) is 12.0. The fourth-order valence-corrected chi connectivity index (χ4v) is 6.40. The summed E-state index contributed by atoms with van der Waals surface area (Å²) in [5, 5.41) is 14.3. The number of aromatic carboxylic acids is 1. The Morgan fingerprint density at radius 1 is 1.20 bits per heavy atom. The van der Waals surface area contributed by atoms with Crippen molar-refractivity contribution in [3.8, 4) is 0 Å². The quantitative estimate of drug-likeness (QED) is 0.290. The molecular weight excluding hydrogens is 532 g/mol. The molecule has 0 spiro atoms. The molecule has 10 nitrogen and oxygen atoms in total. The van der Waals surface area contributed by atoms with E-state index in [0.29, 0.717) is 18.0 Å². The highest BCUT2D eigenvalue weighted by Crippen LogP contribution is 2.32. The summed E-state index contributed by atoms with van der Waals surface area (Å²) in [5.41, 5.74) is -0.107. The molecule has 2 heterocycles. The summed E-state index contributed by atoms with van der Waals surface area (Å²) in [7, 11) is 1.96. The van der Waals surface area contributed by atoms with Crippen molar-refractivity contribution in [3.05, 3.63) is 16.1 Å². The molecule has 2 amide bonds. The van der Waals surface area contributed by atoms with Gasteiger partial charge in [-0.25, -0.2) is 9.78 Å². The molecule has 1 aliphatic heterocycles. The topological polar surface area (TPSA) is 129 Å². The molecule has 0 bridgehead atoms. The lowest BCUT2D eigenvalue weighted by Gasteiger charge is -2.40. The van der Waals surface area contributed by atoms with Crippen LogP contribution in [0.4, 0.5) is 0 Å². The van der Waals surface area contributed by atoms with Crippen molar-refractivity contribution in [1.82, 2.24) is 20.1 Å². The number of aromatic nitrogens is 1. The number of carboxylic acids is 1. The first-order chi connectivity index (χ1) is 18.9. The number of rotatable bonds is 15. The molecule has 40 heavy (non-hydrogen) atoms. The Kier molecular flexibility index (Phi) is 13.5. The van der Waals surface area contributed by atoms with E-state index < -0.39 is 24.1 Å². The standard InChI is InChI=1S/C29H48N4O6S/c1-8-14-33(23(18(4)5)16-24(39-19(6)34)27-30-21(17-40-27)29(37)38)28(36)25(20(9-2)10-3)31-26(35)22-13-11-12-15-32(22)7/h17-18,20,22-25H,8-16H2,1-7H3,(H,31,35)(H,37,38)/t22-,23-,24-,25+/m1/s1. The first kappa shape index (κ1) is 33.7. The third-order valence-corrected chi connectivity index (χ3v) is 8.79. The Bertz CT molecular complexity index is 995. The van der Waals surface area contributed by atoms with Gasteiger partial charge in [0.05, 0.1) is 6.04 Å². The van der Waals surface area contributed by atoms with E-state index in [-0.39, 0.29) is 47.8 Å². The van der Waals surface area contributed by atoms with Gasteiger partial charge in [0.25, 0.3) is 0 Å². The monoisotopic (exact) mass is 580 g/mol. The number of hydrogen-bond donors (Lipinski definition) is 2. The van der Waals surface area contributed by atoms with Crippen molar-refractivity contribution >= 4 is 35.1 Å². The molecular formula is C29H48N4O6S. The van der Waals surface area contributed by atoms with E-state index in [1.165, 1.54) is 12.3 Å². The highest BCUT2D eigenvalue weighted by atomic mass is 32.1. The van der Waals surface area contributed by atoms with Gasteiger partial charge in [-0.05, 0) is 44.7 Å². The molecule has 0 saturated carbocycles. The van der Waals surface area contributed by atoms with Crippen LogP contribution in [0, 0.1) is 11.8 Å². The van der Waals surface area contributed by atoms with Crippen LogP contribution < -0.4 is 5.32 Å². The Morgan fingerprint density at radius 3 is 2.38 bits per heavy atom. The maximum absolute atomic E-state index is 14.4. The van der Waals surface area contributed by atoms with Gasteiger partial charge in [0.2, 0.25) is 11.8 Å². The third-order valence-electron chi connectivity index (χ3n) is 7.85. The highest BCUT2D eigenvalue weighted by Gasteiger charge is 2.39. The maximum atomic E-state index is 14.4. The van der Waals surface area contributed by atoms with Crippen molar-refractivity contribution in [1.29, 1.82) is 0 Å². The largest absolute Gasteiger partial charge is 0.476 e. The lowest BCUT2D eigenvalue weighted by Crippen LogP contribution is -2.59. The maximum Gasteiger partial charge on any atom is 0.355 e. The number of hydrogen-bond acceptors (Lipinski definition) is 8. The zero-order valence-corrected chi connectivity index (χ0v) is 26.0. The van der Waals surface area contributed by atoms with Crippen LogP contribution in [0.1, 0.15) is 108 Å². The van der Waals surface area contributed by atoms with Crippen LogP contribution in [0.25, 0.3) is 0 Å². The summed E-state index contributed by atoms with van der Waals surface area (Å²) in [6, 6.07) is -1.25. The number of piperidine rings is 1. The molecule has 1 saturated heterocycles. The van der Waals surface area contributed by atoms with Crippen LogP contribution in [0.15, 0.2) is 5.38 Å². The lowest BCUT2D eigenvalue weighted by molar-refractivity contribution is -0.149. The van der Waals surface area contributed by atoms with Crippen LogP contribution >= 0.6 is 11.3 Å². The van der Waals surface area contributed by atoms with E-state index >= 15 is 0 Å². The second-order valence-electron chi connectivity index (χ2n) is 11.1. The molecule has 0 radical (unpaired) electrons. The number of carbonyl (C=O) groups excluding carboxylic acids is 3. The molecule has 1 fully saturated rings. The SMILES string of the molecule is CCCN(C(=O)[C@@H](NC(=O)[C@H]1CCCCN1C)C(CC)CC)[C@H](C[C@@H](OC(C)=O)c1nc(C(=O)O)cs1)C(C)C. The van der Waals surface area contributed by atoms with Crippen molar-refractivity contribution in [2.24, 2.45) is 11.8 Å². The molecule has 1 aromatic rings. The van der Waals surface area contributed by atoms with E-state index in [0.717, 1.165) is 50.0 Å². The van der Waals surface area contributed by atoms with E-state index in [1.54, 1.807) is 0 Å². The molecule has 2 rings (SSSR count). The van der Waals surface area contributed by atoms with Gasteiger partial charge in [0.1, 0.15) is 11.0 Å². The van der Waals surface area contributed by atoms with Gasteiger partial charge < -0.3 is 20.1 Å². The van der Waals surface area contributed by atoms with Crippen molar-refractivity contribution in [2.75, 3.05) is 20.1 Å². The number of esters is 1. The van der Waals surface area contributed by atoms with Crippen LogP contribution in [0.2, 0.25) is 0 Å². The summed E-state index contributed by atoms with van der Waals surface area (Å²) in [6.45, 7) is 12.7. The minimum absolute atomic E-state index is 0.00463. The average molecular weight is 581 g/mol. The number of thiazole rings is 1. The zero-order valence-electron chi connectivity index (χ0n) is 25.1. The molecule has 0 aliphatic carbocycles. The van der Waals surface area contributed by atoms with Gasteiger partial charge in [-0.15, -0.1) is 11.3 Å². The molecule has 226 valence electrons. The number of nitrogens with one attached hydrogen (secondary N) is 1. The van der Waals surface area contributed by atoms with Gasteiger partial charge in [-0.1, -0.05) is 53.9 Å². The number of ether oxygens (including phenoxy) is 1. The molecule has 0 aromatic carbocycles. The van der Waals surface area contributed by atoms with Crippen molar-refractivity contribution in [2.45, 2.75) is 111 Å². The van der Waals surface area contributed by atoms with E-state index in [9.17, 15) is 24.3 Å². The zero-order chi connectivity index (χ0) is 30.0. The van der Waals surface area contributed by atoms with Crippen LogP contribution in [0.3, 0.4) is 0 Å². The number of carbonyl (C=O) groups is 4. The van der Waals surface area contributed by atoms with Crippen molar-refractivity contribution in [3.63, 3.8) is 0 Å².